The SMILES string of the molecule is CC(C)(O)CNC(=O)CCCn1cc(-n2ccc(=O)c(Cc3cccc(NC(=O)O)c3)n2)cn1. The molecule has 2 aromatic heterocycles. The number of benzene rings is 1. The first-order valence-electron chi connectivity index (χ1n) is 10.8. The Hall–Kier alpha value is -3.99. The van der Waals surface area contributed by atoms with E-state index in [0.717, 1.165) is 5.56 Å². The Bertz CT molecular complexity index is 1210. The number of hydrogen-bond donors (Lipinski definition) is 4. The zero-order valence-corrected chi connectivity index (χ0v) is 19.1. The zero-order chi connectivity index (χ0) is 24.7. The Kier molecular flexibility index (Phi) is 7.79. The topological polar surface area (TPSA) is 151 Å². The van der Waals surface area contributed by atoms with Crippen LogP contribution in [0, 0.1) is 0 Å². The fourth-order valence-corrected chi connectivity index (χ4v) is 3.19. The second-order valence-corrected chi connectivity index (χ2v) is 8.53. The number of carbonyl (C=O) groups excluding carboxylic acids is 1. The maximum atomic E-state index is 12.3. The molecular weight excluding hydrogens is 440 g/mol. The third kappa shape index (κ3) is 7.55. The molecule has 2 heterocycles. The van der Waals surface area contributed by atoms with Gasteiger partial charge in [-0.05, 0) is 38.0 Å². The third-order valence-corrected chi connectivity index (χ3v) is 4.82. The summed E-state index contributed by atoms with van der Waals surface area (Å²) in [4.78, 5) is 35.1. The predicted octanol–water partition coefficient (Wildman–Crippen LogP) is 1.78. The predicted molar refractivity (Wildman–Crippen MR) is 125 cm³/mol. The molecule has 0 radical (unpaired) electrons. The molecule has 4 N–H and O–H groups in total. The lowest BCUT2D eigenvalue weighted by Crippen LogP contribution is -2.38. The van der Waals surface area contributed by atoms with Crippen molar-refractivity contribution in [1.29, 1.82) is 0 Å². The number of carbonyl (C=O) groups is 2. The molecule has 3 rings (SSSR count). The summed E-state index contributed by atoms with van der Waals surface area (Å²) in [5, 5.41) is 32.2. The first-order valence-corrected chi connectivity index (χ1v) is 10.8. The van der Waals surface area contributed by atoms with Crippen molar-refractivity contribution < 1.29 is 19.8 Å². The van der Waals surface area contributed by atoms with Gasteiger partial charge in [-0.25, -0.2) is 9.48 Å². The minimum absolute atomic E-state index is 0.135. The van der Waals surface area contributed by atoms with Gasteiger partial charge in [-0.3, -0.25) is 19.6 Å². The van der Waals surface area contributed by atoms with Crippen LogP contribution in [0.5, 0.6) is 0 Å². The normalized spacial score (nSPS) is 11.3. The van der Waals surface area contributed by atoms with Gasteiger partial charge in [0, 0.05) is 43.9 Å². The quantitative estimate of drug-likeness (QED) is 0.354. The minimum Gasteiger partial charge on any atom is -0.465 e. The van der Waals surface area contributed by atoms with Crippen LogP contribution >= 0.6 is 0 Å². The monoisotopic (exact) mass is 468 g/mol. The molecule has 0 fully saturated rings. The smallest absolute Gasteiger partial charge is 0.409 e. The first kappa shape index (κ1) is 24.6. The van der Waals surface area contributed by atoms with Gasteiger partial charge in [0.25, 0.3) is 0 Å². The van der Waals surface area contributed by atoms with Gasteiger partial charge < -0.3 is 15.5 Å². The highest BCUT2D eigenvalue weighted by Crippen LogP contribution is 2.13. The number of carboxylic acid groups (broad SMARTS) is 1. The van der Waals surface area contributed by atoms with Gasteiger partial charge in [0.15, 0.2) is 0 Å². The van der Waals surface area contributed by atoms with E-state index in [2.05, 4.69) is 20.8 Å². The fraction of sp³-hybridized carbons (Fsp3) is 0.348. The molecule has 0 saturated heterocycles. The van der Waals surface area contributed by atoms with Crippen LogP contribution < -0.4 is 16.1 Å². The highest BCUT2D eigenvalue weighted by Gasteiger charge is 2.14. The number of anilines is 1. The van der Waals surface area contributed by atoms with Gasteiger partial charge >= 0.3 is 6.09 Å². The molecule has 0 aliphatic carbocycles. The van der Waals surface area contributed by atoms with Crippen LogP contribution in [-0.2, 0) is 17.8 Å². The summed E-state index contributed by atoms with van der Waals surface area (Å²) in [7, 11) is 0. The Morgan fingerprint density at radius 3 is 2.74 bits per heavy atom. The molecule has 34 heavy (non-hydrogen) atoms. The first-order chi connectivity index (χ1) is 16.1. The van der Waals surface area contributed by atoms with Gasteiger partial charge in [-0.2, -0.15) is 10.2 Å². The maximum Gasteiger partial charge on any atom is 0.409 e. The number of aromatic nitrogens is 4. The molecule has 1 aromatic carbocycles. The average Bonchev–Trinajstić information content (AvgIpc) is 3.22. The number of rotatable bonds is 10. The van der Waals surface area contributed by atoms with Crippen molar-refractivity contribution in [3.8, 4) is 5.69 Å². The lowest BCUT2D eigenvalue weighted by molar-refractivity contribution is -0.122. The van der Waals surface area contributed by atoms with Gasteiger partial charge in [0.05, 0.1) is 18.0 Å². The number of hydrogen-bond acceptors (Lipinski definition) is 6. The van der Waals surface area contributed by atoms with Gasteiger partial charge in [-0.1, -0.05) is 12.1 Å². The Balaban J connectivity index is 1.62. The Labute approximate surface area is 196 Å². The molecule has 11 nitrogen and oxygen atoms in total. The van der Waals surface area contributed by atoms with Gasteiger partial charge in [0.1, 0.15) is 11.4 Å². The summed E-state index contributed by atoms with van der Waals surface area (Å²) in [5.74, 6) is -0.135. The summed E-state index contributed by atoms with van der Waals surface area (Å²) in [6, 6.07) is 8.20. The lowest BCUT2D eigenvalue weighted by atomic mass is 10.1. The third-order valence-electron chi connectivity index (χ3n) is 4.82. The van der Waals surface area contributed by atoms with Crippen molar-refractivity contribution in [3.63, 3.8) is 0 Å². The van der Waals surface area contributed by atoms with Crippen LogP contribution in [0.15, 0.2) is 53.7 Å². The largest absolute Gasteiger partial charge is 0.465 e. The molecule has 0 unspecified atom stereocenters. The van der Waals surface area contributed by atoms with Crippen LogP contribution in [0.4, 0.5) is 10.5 Å². The van der Waals surface area contributed by atoms with Crippen molar-refractivity contribution >= 4 is 17.7 Å². The lowest BCUT2D eigenvalue weighted by Gasteiger charge is -2.17. The zero-order valence-electron chi connectivity index (χ0n) is 19.1. The molecule has 0 atom stereocenters. The van der Waals surface area contributed by atoms with E-state index >= 15 is 0 Å². The van der Waals surface area contributed by atoms with Gasteiger partial charge in [0.2, 0.25) is 11.3 Å². The molecule has 0 bridgehead atoms. The van der Waals surface area contributed by atoms with Crippen molar-refractivity contribution in [1.82, 2.24) is 24.9 Å². The van der Waals surface area contributed by atoms with E-state index in [1.54, 1.807) is 66.1 Å². The second kappa shape index (κ2) is 10.8. The average molecular weight is 469 g/mol. The summed E-state index contributed by atoms with van der Waals surface area (Å²) in [6.45, 7) is 3.97. The summed E-state index contributed by atoms with van der Waals surface area (Å²) < 4.78 is 3.24. The Morgan fingerprint density at radius 1 is 1.21 bits per heavy atom. The van der Waals surface area contributed by atoms with Crippen molar-refractivity contribution in [2.45, 2.75) is 45.3 Å². The summed E-state index contributed by atoms with van der Waals surface area (Å²) >= 11 is 0. The summed E-state index contributed by atoms with van der Waals surface area (Å²) in [5.41, 5.74) is 0.953. The van der Waals surface area contributed by atoms with E-state index in [9.17, 15) is 19.5 Å². The van der Waals surface area contributed by atoms with E-state index in [-0.39, 0.29) is 24.3 Å². The molecule has 0 aliphatic rings. The number of amides is 2. The summed E-state index contributed by atoms with van der Waals surface area (Å²) in [6.07, 6.45) is 4.90. The van der Waals surface area contributed by atoms with Crippen molar-refractivity contribution in [2.24, 2.45) is 0 Å². The molecule has 0 saturated carbocycles. The molecule has 180 valence electrons. The number of nitrogens with one attached hydrogen (secondary N) is 2. The maximum absolute atomic E-state index is 12.3. The molecule has 0 spiro atoms. The van der Waals surface area contributed by atoms with Crippen LogP contribution in [0.2, 0.25) is 0 Å². The minimum atomic E-state index is -1.16. The molecule has 2 amide bonds. The van der Waals surface area contributed by atoms with E-state index in [0.29, 0.717) is 36.5 Å². The molecular formula is C23H28N6O5. The van der Waals surface area contributed by atoms with Crippen LogP contribution in [-0.4, -0.2) is 53.9 Å². The second-order valence-electron chi connectivity index (χ2n) is 8.53. The Morgan fingerprint density at radius 2 is 2.00 bits per heavy atom. The van der Waals surface area contributed by atoms with E-state index < -0.39 is 11.7 Å². The number of aliphatic hydroxyl groups is 1. The molecule has 0 aliphatic heterocycles. The standard InChI is InChI=1S/C23H28N6O5/c1-23(2,34)15-24-21(31)7-4-9-28-14-18(13-25-28)29-10-8-20(30)19(27-29)12-16-5-3-6-17(11-16)26-22(32)33/h3,5-6,8,10-11,13-14,26,34H,4,7,9,12,15H2,1-2H3,(H,24,31)(H,32,33). The van der Waals surface area contributed by atoms with Crippen LogP contribution in [0.25, 0.3) is 5.69 Å². The number of aryl methyl sites for hydroxylation is 1. The van der Waals surface area contributed by atoms with Crippen molar-refractivity contribution in [3.05, 3.63) is 70.4 Å². The van der Waals surface area contributed by atoms with E-state index in [1.165, 1.54) is 6.07 Å². The number of nitrogens with zero attached hydrogens (tertiary/aromatic N) is 4. The highest BCUT2D eigenvalue weighted by atomic mass is 16.4. The van der Waals surface area contributed by atoms with Gasteiger partial charge in [-0.15, -0.1) is 0 Å². The van der Waals surface area contributed by atoms with Crippen LogP contribution in [0.3, 0.4) is 0 Å². The van der Waals surface area contributed by atoms with E-state index in [1.807, 2.05) is 0 Å². The molecule has 3 aromatic rings. The fourth-order valence-electron chi connectivity index (χ4n) is 3.19. The van der Waals surface area contributed by atoms with Crippen molar-refractivity contribution in [2.75, 3.05) is 11.9 Å². The highest BCUT2D eigenvalue weighted by molar-refractivity contribution is 5.82. The van der Waals surface area contributed by atoms with Crippen LogP contribution in [0.1, 0.15) is 37.9 Å². The molecule has 11 heteroatoms. The van der Waals surface area contributed by atoms with E-state index in [4.69, 9.17) is 5.11 Å².